The van der Waals surface area contributed by atoms with E-state index in [9.17, 15) is 0 Å². The van der Waals surface area contributed by atoms with Crippen LogP contribution < -0.4 is 10.1 Å². The molecule has 0 aromatic heterocycles. The number of rotatable bonds is 3. The van der Waals surface area contributed by atoms with Gasteiger partial charge in [-0.1, -0.05) is 15.9 Å². The Balaban J connectivity index is 1.94. The summed E-state index contributed by atoms with van der Waals surface area (Å²) in [4.78, 5) is 0. The Hall–Kier alpha value is -0.540. The van der Waals surface area contributed by atoms with Gasteiger partial charge >= 0.3 is 0 Å². The van der Waals surface area contributed by atoms with Gasteiger partial charge in [0.2, 0.25) is 0 Å². The minimum atomic E-state index is 0.709. The van der Waals surface area contributed by atoms with E-state index in [1.807, 2.05) is 0 Å². The Labute approximate surface area is 112 Å². The SMILES string of the molecule is Cc1cc(OCC2CCNCC2)cc(C)c1Br. The van der Waals surface area contributed by atoms with Gasteiger partial charge in [0.15, 0.2) is 0 Å². The van der Waals surface area contributed by atoms with Crippen molar-refractivity contribution in [3.63, 3.8) is 0 Å². The molecule has 0 radical (unpaired) electrons. The Morgan fingerprint density at radius 3 is 2.41 bits per heavy atom. The molecule has 0 spiro atoms. The number of ether oxygens (including phenoxy) is 1. The van der Waals surface area contributed by atoms with E-state index in [-0.39, 0.29) is 0 Å². The molecule has 0 atom stereocenters. The van der Waals surface area contributed by atoms with Crippen molar-refractivity contribution in [3.8, 4) is 5.75 Å². The first kappa shape index (κ1) is 12.9. The monoisotopic (exact) mass is 297 g/mol. The van der Waals surface area contributed by atoms with Gasteiger partial charge in [-0.25, -0.2) is 0 Å². The first-order valence-corrected chi connectivity index (χ1v) is 7.06. The third-order valence-corrected chi connectivity index (χ3v) is 4.61. The third kappa shape index (κ3) is 3.46. The molecule has 0 aliphatic carbocycles. The molecule has 1 heterocycles. The molecular weight excluding hydrogens is 278 g/mol. The average Bonchev–Trinajstić information content (AvgIpc) is 2.34. The quantitative estimate of drug-likeness (QED) is 0.923. The Morgan fingerprint density at radius 1 is 1.24 bits per heavy atom. The molecule has 0 saturated carbocycles. The lowest BCUT2D eigenvalue weighted by Crippen LogP contribution is -2.30. The second-order valence-corrected chi connectivity index (χ2v) is 5.67. The van der Waals surface area contributed by atoms with Gasteiger partial charge in [0.05, 0.1) is 6.61 Å². The first-order valence-electron chi connectivity index (χ1n) is 6.27. The molecule has 1 aromatic rings. The van der Waals surface area contributed by atoms with Crippen LogP contribution in [0.25, 0.3) is 0 Å². The molecule has 0 bridgehead atoms. The van der Waals surface area contributed by atoms with Crippen LogP contribution in [0.1, 0.15) is 24.0 Å². The van der Waals surface area contributed by atoms with E-state index in [1.54, 1.807) is 0 Å². The maximum Gasteiger partial charge on any atom is 0.119 e. The number of hydrogen-bond donors (Lipinski definition) is 1. The molecule has 0 unspecified atom stereocenters. The zero-order chi connectivity index (χ0) is 12.3. The van der Waals surface area contributed by atoms with Crippen LogP contribution >= 0.6 is 15.9 Å². The molecule has 0 amide bonds. The predicted molar refractivity (Wildman–Crippen MR) is 74.7 cm³/mol. The minimum absolute atomic E-state index is 0.709. The van der Waals surface area contributed by atoms with Crippen LogP contribution in [0, 0.1) is 19.8 Å². The fourth-order valence-corrected chi connectivity index (χ4v) is 2.48. The molecule has 2 nitrogen and oxygen atoms in total. The van der Waals surface area contributed by atoms with Gasteiger partial charge in [-0.2, -0.15) is 0 Å². The Morgan fingerprint density at radius 2 is 1.82 bits per heavy atom. The molecule has 1 saturated heterocycles. The Bertz CT molecular complexity index is 363. The number of piperidine rings is 1. The normalized spacial score (nSPS) is 17.1. The first-order chi connectivity index (χ1) is 8.16. The summed E-state index contributed by atoms with van der Waals surface area (Å²) in [6.45, 7) is 7.32. The zero-order valence-electron chi connectivity index (χ0n) is 10.6. The van der Waals surface area contributed by atoms with E-state index in [1.165, 1.54) is 28.4 Å². The largest absolute Gasteiger partial charge is 0.493 e. The Kier molecular flexibility index (Phi) is 4.46. The van der Waals surface area contributed by atoms with E-state index in [4.69, 9.17) is 4.74 Å². The fourth-order valence-electron chi connectivity index (χ4n) is 2.25. The van der Waals surface area contributed by atoms with Crippen LogP contribution in [0.4, 0.5) is 0 Å². The van der Waals surface area contributed by atoms with Crippen molar-refractivity contribution in [2.75, 3.05) is 19.7 Å². The van der Waals surface area contributed by atoms with Crippen molar-refractivity contribution in [2.24, 2.45) is 5.92 Å². The lowest BCUT2D eigenvalue weighted by Gasteiger charge is -2.23. The third-order valence-electron chi connectivity index (χ3n) is 3.35. The van der Waals surface area contributed by atoms with Crippen LogP contribution in [0.15, 0.2) is 16.6 Å². The standard InChI is InChI=1S/C14H20BrNO/c1-10-7-13(8-11(2)14(10)15)17-9-12-3-5-16-6-4-12/h7-8,12,16H,3-6,9H2,1-2H3. The highest BCUT2D eigenvalue weighted by Gasteiger charge is 2.13. The minimum Gasteiger partial charge on any atom is -0.493 e. The van der Waals surface area contributed by atoms with Gasteiger partial charge in [0, 0.05) is 4.47 Å². The van der Waals surface area contributed by atoms with Crippen molar-refractivity contribution in [1.29, 1.82) is 0 Å². The smallest absolute Gasteiger partial charge is 0.119 e. The lowest BCUT2D eigenvalue weighted by atomic mass is 9.99. The summed E-state index contributed by atoms with van der Waals surface area (Å²) in [6, 6.07) is 4.22. The molecular formula is C14H20BrNO. The van der Waals surface area contributed by atoms with Crippen molar-refractivity contribution < 1.29 is 4.74 Å². The molecule has 1 aliphatic rings. The van der Waals surface area contributed by atoms with Crippen molar-refractivity contribution in [1.82, 2.24) is 5.32 Å². The van der Waals surface area contributed by atoms with Gasteiger partial charge in [0.25, 0.3) is 0 Å². The molecule has 1 aliphatic heterocycles. The summed E-state index contributed by atoms with van der Waals surface area (Å²) in [6.07, 6.45) is 2.46. The molecule has 1 N–H and O–H groups in total. The molecule has 94 valence electrons. The van der Waals surface area contributed by atoms with E-state index in [0.29, 0.717) is 5.92 Å². The predicted octanol–water partition coefficient (Wildman–Crippen LogP) is 3.44. The van der Waals surface area contributed by atoms with E-state index < -0.39 is 0 Å². The number of benzene rings is 1. The fraction of sp³-hybridized carbons (Fsp3) is 0.571. The summed E-state index contributed by atoms with van der Waals surface area (Å²) < 4.78 is 7.10. The molecule has 1 aromatic carbocycles. The number of nitrogens with one attached hydrogen (secondary N) is 1. The average molecular weight is 298 g/mol. The second kappa shape index (κ2) is 5.87. The molecule has 17 heavy (non-hydrogen) atoms. The maximum absolute atomic E-state index is 5.91. The summed E-state index contributed by atoms with van der Waals surface area (Å²) in [5.41, 5.74) is 2.48. The van der Waals surface area contributed by atoms with Crippen molar-refractivity contribution in [2.45, 2.75) is 26.7 Å². The van der Waals surface area contributed by atoms with Gasteiger partial charge in [-0.05, 0) is 69.0 Å². The zero-order valence-corrected chi connectivity index (χ0v) is 12.1. The van der Waals surface area contributed by atoms with Crippen LogP contribution in [0.2, 0.25) is 0 Å². The number of aryl methyl sites for hydroxylation is 2. The van der Waals surface area contributed by atoms with E-state index >= 15 is 0 Å². The summed E-state index contributed by atoms with van der Waals surface area (Å²) >= 11 is 3.58. The maximum atomic E-state index is 5.91. The van der Waals surface area contributed by atoms with Gasteiger partial charge < -0.3 is 10.1 Å². The van der Waals surface area contributed by atoms with Crippen LogP contribution in [0.3, 0.4) is 0 Å². The van der Waals surface area contributed by atoms with Crippen LogP contribution in [-0.4, -0.2) is 19.7 Å². The highest BCUT2D eigenvalue weighted by molar-refractivity contribution is 9.10. The van der Waals surface area contributed by atoms with Gasteiger partial charge in [-0.15, -0.1) is 0 Å². The highest BCUT2D eigenvalue weighted by atomic mass is 79.9. The molecule has 3 heteroatoms. The summed E-state index contributed by atoms with van der Waals surface area (Å²) in [7, 11) is 0. The van der Waals surface area contributed by atoms with E-state index in [2.05, 4.69) is 47.2 Å². The topological polar surface area (TPSA) is 21.3 Å². The summed E-state index contributed by atoms with van der Waals surface area (Å²) in [5, 5.41) is 3.38. The van der Waals surface area contributed by atoms with Gasteiger partial charge in [0.1, 0.15) is 5.75 Å². The van der Waals surface area contributed by atoms with Crippen molar-refractivity contribution >= 4 is 15.9 Å². The molecule has 2 rings (SSSR count). The van der Waals surface area contributed by atoms with Crippen LogP contribution in [0.5, 0.6) is 5.75 Å². The number of halogens is 1. The lowest BCUT2D eigenvalue weighted by molar-refractivity contribution is 0.215. The molecule has 1 fully saturated rings. The second-order valence-electron chi connectivity index (χ2n) is 4.88. The van der Waals surface area contributed by atoms with Gasteiger partial charge in [-0.3, -0.25) is 0 Å². The highest BCUT2D eigenvalue weighted by Crippen LogP contribution is 2.27. The summed E-state index contributed by atoms with van der Waals surface area (Å²) in [5.74, 6) is 1.71. The van der Waals surface area contributed by atoms with E-state index in [0.717, 1.165) is 25.4 Å². The van der Waals surface area contributed by atoms with Crippen molar-refractivity contribution in [3.05, 3.63) is 27.7 Å². The van der Waals surface area contributed by atoms with Crippen LogP contribution in [-0.2, 0) is 0 Å². The number of hydrogen-bond acceptors (Lipinski definition) is 2.